The molecule has 4 heteroatoms. The van der Waals surface area contributed by atoms with Crippen molar-refractivity contribution in [2.45, 2.75) is 38.0 Å². The van der Waals surface area contributed by atoms with E-state index in [0.717, 1.165) is 17.9 Å². The second-order valence-electron chi connectivity index (χ2n) is 5.61. The number of carbonyl (C=O) groups excluding carboxylic acids is 1. The predicted molar refractivity (Wildman–Crippen MR) is 79.6 cm³/mol. The van der Waals surface area contributed by atoms with Crippen LogP contribution in [0.1, 0.15) is 26.3 Å². The Labute approximate surface area is 118 Å². The van der Waals surface area contributed by atoms with Crippen molar-refractivity contribution >= 4 is 17.0 Å². The Morgan fingerprint density at radius 1 is 1.32 bits per heavy atom. The van der Waals surface area contributed by atoms with Gasteiger partial charge in [-0.1, -0.05) is 30.5 Å². The number of benzene rings is 1. The Morgan fingerprint density at radius 2 is 1.95 bits per heavy atom. The highest BCUT2D eigenvalue weighted by Crippen LogP contribution is 2.28. The van der Waals surface area contributed by atoms with Crippen LogP contribution in [0.5, 0.6) is 5.75 Å². The maximum Gasteiger partial charge on any atom is 0.283 e. The molecule has 2 rings (SSSR count). The molecule has 1 fully saturated rings. The summed E-state index contributed by atoms with van der Waals surface area (Å²) in [7, 11) is 0. The van der Waals surface area contributed by atoms with Gasteiger partial charge >= 0.3 is 0 Å². The molecular weight excluding hydrogens is 258 g/mol. The van der Waals surface area contributed by atoms with Gasteiger partial charge in [-0.15, -0.1) is 0 Å². The first-order chi connectivity index (χ1) is 8.83. The molecule has 0 saturated carbocycles. The quantitative estimate of drug-likeness (QED) is 0.914. The molecule has 1 aromatic rings. The van der Waals surface area contributed by atoms with Crippen LogP contribution in [0.3, 0.4) is 0 Å². The molecule has 1 amide bonds. The van der Waals surface area contributed by atoms with Crippen LogP contribution < -0.4 is 10.1 Å². The van der Waals surface area contributed by atoms with Gasteiger partial charge in [0.2, 0.25) is 0 Å². The lowest BCUT2D eigenvalue weighted by Gasteiger charge is -2.21. The third-order valence-corrected chi connectivity index (χ3v) is 3.72. The molecule has 0 bridgehead atoms. The molecule has 1 aliphatic rings. The molecular formula is C15H19NO2S. The topological polar surface area (TPSA) is 38.3 Å². The Morgan fingerprint density at radius 3 is 2.42 bits per heavy atom. The molecule has 1 saturated heterocycles. The molecule has 19 heavy (non-hydrogen) atoms. The molecule has 1 heterocycles. The molecule has 0 aliphatic carbocycles. The summed E-state index contributed by atoms with van der Waals surface area (Å²) in [5.41, 5.74) is 1.79. The van der Waals surface area contributed by atoms with Gasteiger partial charge in [-0.3, -0.25) is 4.79 Å². The van der Waals surface area contributed by atoms with Gasteiger partial charge in [0.25, 0.3) is 5.24 Å². The number of ether oxygens (including phenoxy) is 1. The Hall–Kier alpha value is -1.42. The minimum Gasteiger partial charge on any atom is -0.488 e. The zero-order valence-corrected chi connectivity index (χ0v) is 12.3. The van der Waals surface area contributed by atoms with Crippen LogP contribution in [0.15, 0.2) is 36.5 Å². The number of thioether (sulfide) groups is 1. The van der Waals surface area contributed by atoms with Crippen molar-refractivity contribution in [3.8, 4) is 5.75 Å². The lowest BCUT2D eigenvalue weighted by atomic mass is 10.1. The molecule has 1 unspecified atom stereocenters. The molecule has 1 aliphatic heterocycles. The number of rotatable bonds is 3. The Kier molecular flexibility index (Phi) is 3.90. The average Bonchev–Trinajstić information content (AvgIpc) is 2.58. The number of amides is 1. The highest BCUT2D eigenvalue weighted by molar-refractivity contribution is 8.14. The third kappa shape index (κ3) is 4.03. The molecule has 3 nitrogen and oxygen atoms in total. The van der Waals surface area contributed by atoms with E-state index < -0.39 is 0 Å². The highest BCUT2D eigenvalue weighted by Gasteiger charge is 2.26. The molecule has 102 valence electrons. The third-order valence-electron chi connectivity index (χ3n) is 2.67. The lowest BCUT2D eigenvalue weighted by molar-refractivity contribution is 0.131. The number of carbonyl (C=O) groups is 1. The average molecular weight is 277 g/mol. The van der Waals surface area contributed by atoms with Crippen LogP contribution in [-0.4, -0.2) is 16.1 Å². The van der Waals surface area contributed by atoms with Gasteiger partial charge in [-0.25, -0.2) is 0 Å². The van der Waals surface area contributed by atoms with Crippen LogP contribution in [0, 0.1) is 0 Å². The first-order valence-corrected chi connectivity index (χ1v) is 7.16. The second kappa shape index (κ2) is 5.29. The summed E-state index contributed by atoms with van der Waals surface area (Å²) in [6.07, 6.45) is 0.804. The van der Waals surface area contributed by atoms with Crippen molar-refractivity contribution in [3.05, 3.63) is 42.1 Å². The number of hydrogen-bond donors (Lipinski definition) is 1. The lowest BCUT2D eigenvalue weighted by Crippen LogP contribution is -2.22. The zero-order valence-electron chi connectivity index (χ0n) is 11.5. The molecule has 0 aromatic heterocycles. The van der Waals surface area contributed by atoms with E-state index >= 15 is 0 Å². The van der Waals surface area contributed by atoms with E-state index in [-0.39, 0.29) is 16.1 Å². The van der Waals surface area contributed by atoms with Gasteiger partial charge in [0.1, 0.15) is 11.4 Å². The van der Waals surface area contributed by atoms with E-state index in [1.807, 2.05) is 45.0 Å². The van der Waals surface area contributed by atoms with Gasteiger partial charge in [-0.05, 0) is 44.9 Å². The summed E-state index contributed by atoms with van der Waals surface area (Å²) >= 11 is 1.30. The summed E-state index contributed by atoms with van der Waals surface area (Å²) in [5.74, 6) is 0.864. The van der Waals surface area contributed by atoms with Crippen molar-refractivity contribution in [1.82, 2.24) is 5.32 Å². The Bertz CT molecular complexity index is 488. The minimum absolute atomic E-state index is 0.0114. The summed E-state index contributed by atoms with van der Waals surface area (Å²) in [6, 6.07) is 8.02. The van der Waals surface area contributed by atoms with Crippen LogP contribution in [0.4, 0.5) is 4.79 Å². The van der Waals surface area contributed by atoms with E-state index in [1.165, 1.54) is 17.3 Å². The van der Waals surface area contributed by atoms with Crippen LogP contribution in [-0.2, 0) is 6.42 Å². The van der Waals surface area contributed by atoms with Crippen molar-refractivity contribution in [1.29, 1.82) is 0 Å². The fourth-order valence-corrected chi connectivity index (χ4v) is 2.79. The highest BCUT2D eigenvalue weighted by atomic mass is 32.2. The second-order valence-corrected chi connectivity index (χ2v) is 6.78. The van der Waals surface area contributed by atoms with E-state index in [4.69, 9.17) is 4.74 Å². The SMILES string of the molecule is C=C1NC(=O)SC1Cc1ccc(OC(C)(C)C)cc1. The van der Waals surface area contributed by atoms with Gasteiger partial charge in [0, 0.05) is 5.70 Å². The van der Waals surface area contributed by atoms with Gasteiger partial charge in [0.05, 0.1) is 5.25 Å². The van der Waals surface area contributed by atoms with Crippen molar-refractivity contribution in [3.63, 3.8) is 0 Å². The van der Waals surface area contributed by atoms with E-state index in [9.17, 15) is 4.79 Å². The van der Waals surface area contributed by atoms with E-state index in [0.29, 0.717) is 0 Å². The molecule has 0 radical (unpaired) electrons. The normalized spacial score (nSPS) is 19.4. The zero-order chi connectivity index (χ0) is 14.0. The molecule has 1 N–H and O–H groups in total. The number of nitrogens with one attached hydrogen (secondary N) is 1. The smallest absolute Gasteiger partial charge is 0.283 e. The maximum atomic E-state index is 11.2. The number of hydrogen-bond acceptors (Lipinski definition) is 3. The van der Waals surface area contributed by atoms with Crippen molar-refractivity contribution < 1.29 is 9.53 Å². The van der Waals surface area contributed by atoms with Crippen molar-refractivity contribution in [2.75, 3.05) is 0 Å². The van der Waals surface area contributed by atoms with Crippen molar-refractivity contribution in [2.24, 2.45) is 0 Å². The Balaban J connectivity index is 1.99. The maximum absolute atomic E-state index is 11.2. The summed E-state index contributed by atoms with van der Waals surface area (Å²) in [4.78, 5) is 11.2. The van der Waals surface area contributed by atoms with E-state index in [2.05, 4.69) is 11.9 Å². The first kappa shape index (κ1) is 14.0. The minimum atomic E-state index is -0.187. The molecule has 1 aromatic carbocycles. The van der Waals surface area contributed by atoms with Crippen LogP contribution in [0.25, 0.3) is 0 Å². The summed E-state index contributed by atoms with van der Waals surface area (Å²) in [5, 5.41) is 2.85. The fraction of sp³-hybridized carbons (Fsp3) is 0.400. The standard InChI is InChI=1S/C15H19NO2S/c1-10-13(19-14(17)16-10)9-11-5-7-12(8-6-11)18-15(2,3)4/h5-8,13H,1,9H2,2-4H3,(H,16,17). The summed E-state index contributed by atoms with van der Waals surface area (Å²) in [6.45, 7) is 9.95. The van der Waals surface area contributed by atoms with Gasteiger partial charge in [-0.2, -0.15) is 0 Å². The summed E-state index contributed by atoms with van der Waals surface area (Å²) < 4.78 is 5.78. The molecule has 0 spiro atoms. The van der Waals surface area contributed by atoms with Crippen LogP contribution in [0.2, 0.25) is 0 Å². The van der Waals surface area contributed by atoms with Gasteiger partial charge in [0.15, 0.2) is 0 Å². The monoisotopic (exact) mass is 277 g/mol. The van der Waals surface area contributed by atoms with Gasteiger partial charge < -0.3 is 10.1 Å². The largest absolute Gasteiger partial charge is 0.488 e. The van der Waals surface area contributed by atoms with E-state index in [1.54, 1.807) is 0 Å². The first-order valence-electron chi connectivity index (χ1n) is 6.28. The predicted octanol–water partition coefficient (Wildman–Crippen LogP) is 3.75. The fourth-order valence-electron chi connectivity index (χ4n) is 1.87. The van der Waals surface area contributed by atoms with Crippen LogP contribution >= 0.6 is 11.8 Å². The molecule has 1 atom stereocenters.